The minimum atomic E-state index is -0.471. The van der Waals surface area contributed by atoms with Crippen molar-refractivity contribution in [1.82, 2.24) is 9.88 Å². The minimum absolute atomic E-state index is 0.00706. The van der Waals surface area contributed by atoms with Crippen LogP contribution >= 0.6 is 0 Å². The van der Waals surface area contributed by atoms with Crippen LogP contribution in [0.25, 0.3) is 6.08 Å². The summed E-state index contributed by atoms with van der Waals surface area (Å²) < 4.78 is 5.63. The number of hydrogen-bond donors (Lipinski definition) is 0. The summed E-state index contributed by atoms with van der Waals surface area (Å²) in [6.07, 6.45) is 4.34. The monoisotopic (exact) mass is 350 g/mol. The van der Waals surface area contributed by atoms with Gasteiger partial charge in [0.25, 0.3) is 5.69 Å². The fourth-order valence-electron chi connectivity index (χ4n) is 2.36. The molecule has 3 rings (SSSR count). The third-order valence-electron chi connectivity index (χ3n) is 3.83. The number of non-ortho nitro benzene ring substituents is 1. The van der Waals surface area contributed by atoms with E-state index in [9.17, 15) is 14.9 Å². The Kier molecular flexibility index (Phi) is 4.90. The number of nitriles is 1. The van der Waals surface area contributed by atoms with Gasteiger partial charge in [-0.3, -0.25) is 14.9 Å². The van der Waals surface area contributed by atoms with Crippen LogP contribution in [-0.2, 0) is 4.79 Å². The summed E-state index contributed by atoms with van der Waals surface area (Å²) in [7, 11) is 0. The minimum Gasteiger partial charge on any atom is -0.471 e. The van der Waals surface area contributed by atoms with E-state index in [1.54, 1.807) is 35.2 Å². The number of ether oxygens (including phenoxy) is 1. The Hall–Kier alpha value is -3.73. The highest BCUT2D eigenvalue weighted by Crippen LogP contribution is 2.17. The van der Waals surface area contributed by atoms with Crippen molar-refractivity contribution in [3.05, 3.63) is 69.9 Å². The molecule has 1 aliphatic rings. The van der Waals surface area contributed by atoms with Gasteiger partial charge in [0.2, 0.25) is 11.8 Å². The molecule has 1 aliphatic heterocycles. The Labute approximate surface area is 149 Å². The molecule has 0 saturated carbocycles. The number of nitrogens with zero attached hydrogens (tertiary/aromatic N) is 4. The fourth-order valence-corrected chi connectivity index (χ4v) is 2.36. The van der Waals surface area contributed by atoms with E-state index in [-0.39, 0.29) is 17.7 Å². The van der Waals surface area contributed by atoms with E-state index >= 15 is 0 Å². The zero-order chi connectivity index (χ0) is 18.5. The normalized spacial score (nSPS) is 13.9. The summed E-state index contributed by atoms with van der Waals surface area (Å²) in [6.45, 7) is 0.899. The number of benzene rings is 1. The van der Waals surface area contributed by atoms with Crippen LogP contribution in [0, 0.1) is 21.4 Å². The maximum atomic E-state index is 12.1. The average Bonchev–Trinajstić information content (AvgIpc) is 2.63. The van der Waals surface area contributed by atoms with Gasteiger partial charge in [-0.05, 0) is 29.8 Å². The molecule has 1 aromatic carbocycles. The summed E-state index contributed by atoms with van der Waals surface area (Å²) in [6, 6.07) is 11.2. The summed E-state index contributed by atoms with van der Waals surface area (Å²) in [5, 5.41) is 19.3. The van der Waals surface area contributed by atoms with E-state index in [0.29, 0.717) is 30.1 Å². The van der Waals surface area contributed by atoms with Crippen LogP contribution in [0.1, 0.15) is 11.1 Å². The molecule has 0 aliphatic carbocycles. The number of rotatable bonds is 5. The predicted molar refractivity (Wildman–Crippen MR) is 92.1 cm³/mol. The average molecular weight is 350 g/mol. The second-order valence-electron chi connectivity index (χ2n) is 5.66. The van der Waals surface area contributed by atoms with Crippen molar-refractivity contribution in [3.63, 3.8) is 0 Å². The number of nitro groups is 1. The van der Waals surface area contributed by atoms with E-state index in [1.807, 2.05) is 6.07 Å². The third-order valence-corrected chi connectivity index (χ3v) is 3.83. The fraction of sp³-hybridized carbons (Fsp3) is 0.167. The molecular weight excluding hydrogens is 336 g/mol. The Morgan fingerprint density at radius 2 is 2.04 bits per heavy atom. The van der Waals surface area contributed by atoms with Crippen molar-refractivity contribution < 1.29 is 14.5 Å². The van der Waals surface area contributed by atoms with Gasteiger partial charge in [0.05, 0.1) is 23.6 Å². The van der Waals surface area contributed by atoms with Gasteiger partial charge in [-0.2, -0.15) is 5.26 Å². The van der Waals surface area contributed by atoms with E-state index in [2.05, 4.69) is 4.98 Å². The van der Waals surface area contributed by atoms with Gasteiger partial charge in [-0.25, -0.2) is 4.98 Å². The maximum absolute atomic E-state index is 12.1. The van der Waals surface area contributed by atoms with Crippen LogP contribution in [0.2, 0.25) is 0 Å². The zero-order valence-corrected chi connectivity index (χ0v) is 13.6. The quantitative estimate of drug-likeness (QED) is 0.464. The largest absolute Gasteiger partial charge is 0.471 e. The lowest BCUT2D eigenvalue weighted by Crippen LogP contribution is -2.55. The number of hydrogen-bond acceptors (Lipinski definition) is 6. The maximum Gasteiger partial charge on any atom is 0.269 e. The molecule has 1 saturated heterocycles. The van der Waals surface area contributed by atoms with Crippen molar-refractivity contribution in [2.24, 2.45) is 0 Å². The molecule has 2 aromatic rings. The number of carbonyl (C=O) groups is 1. The first-order valence-electron chi connectivity index (χ1n) is 7.79. The molecule has 0 unspecified atom stereocenters. The molecule has 0 radical (unpaired) electrons. The van der Waals surface area contributed by atoms with Gasteiger partial charge in [0.1, 0.15) is 12.2 Å². The lowest BCUT2D eigenvalue weighted by Gasteiger charge is -2.38. The van der Waals surface area contributed by atoms with Gasteiger partial charge < -0.3 is 9.64 Å². The van der Waals surface area contributed by atoms with E-state index < -0.39 is 4.92 Å². The first-order chi connectivity index (χ1) is 12.5. The molecule has 8 nitrogen and oxygen atoms in total. The highest BCUT2D eigenvalue weighted by atomic mass is 16.6. The van der Waals surface area contributed by atoms with Crippen LogP contribution < -0.4 is 4.74 Å². The molecule has 0 spiro atoms. The van der Waals surface area contributed by atoms with Crippen molar-refractivity contribution in [2.75, 3.05) is 13.1 Å². The second-order valence-corrected chi connectivity index (χ2v) is 5.66. The Bertz CT molecular complexity index is 879. The Morgan fingerprint density at radius 1 is 1.31 bits per heavy atom. The summed E-state index contributed by atoms with van der Waals surface area (Å²) in [4.78, 5) is 27.9. The number of carbonyl (C=O) groups excluding carboxylic acids is 1. The molecule has 0 atom stereocenters. The SMILES string of the molecule is N#Cc1ccc(OC2CN(C(=O)/C=C/c3ccc([N+](=O)[O-])cc3)C2)nc1. The van der Waals surface area contributed by atoms with E-state index in [1.165, 1.54) is 24.4 Å². The molecule has 2 heterocycles. The molecular formula is C18H14N4O4. The summed E-state index contributed by atoms with van der Waals surface area (Å²) in [5.41, 5.74) is 1.17. The lowest BCUT2D eigenvalue weighted by atomic mass is 10.1. The van der Waals surface area contributed by atoms with Gasteiger partial charge in [-0.15, -0.1) is 0 Å². The second kappa shape index (κ2) is 7.44. The molecule has 8 heteroatoms. The Balaban J connectivity index is 1.48. The van der Waals surface area contributed by atoms with Gasteiger partial charge in [-0.1, -0.05) is 0 Å². The number of amides is 1. The molecule has 0 N–H and O–H groups in total. The topological polar surface area (TPSA) is 109 Å². The molecule has 0 bridgehead atoms. The molecule has 26 heavy (non-hydrogen) atoms. The van der Waals surface area contributed by atoms with Crippen LogP contribution in [0.4, 0.5) is 5.69 Å². The van der Waals surface area contributed by atoms with E-state index in [0.717, 1.165) is 0 Å². The summed E-state index contributed by atoms with van der Waals surface area (Å²) >= 11 is 0. The number of likely N-dealkylation sites (tertiary alicyclic amines) is 1. The van der Waals surface area contributed by atoms with Gasteiger partial charge in [0.15, 0.2) is 0 Å². The smallest absolute Gasteiger partial charge is 0.269 e. The molecule has 1 fully saturated rings. The van der Waals surface area contributed by atoms with Crippen molar-refractivity contribution in [2.45, 2.75) is 6.10 Å². The zero-order valence-electron chi connectivity index (χ0n) is 13.6. The van der Waals surface area contributed by atoms with E-state index in [4.69, 9.17) is 10.00 Å². The van der Waals surface area contributed by atoms with Crippen molar-refractivity contribution >= 4 is 17.7 Å². The van der Waals surface area contributed by atoms with Crippen LogP contribution in [0.15, 0.2) is 48.7 Å². The highest BCUT2D eigenvalue weighted by molar-refractivity contribution is 5.92. The molecule has 130 valence electrons. The van der Waals surface area contributed by atoms with Gasteiger partial charge in [0, 0.05) is 30.5 Å². The molecule has 1 aromatic heterocycles. The van der Waals surface area contributed by atoms with Crippen LogP contribution in [0.5, 0.6) is 5.88 Å². The first-order valence-corrected chi connectivity index (χ1v) is 7.79. The number of pyridine rings is 1. The van der Waals surface area contributed by atoms with Gasteiger partial charge >= 0.3 is 0 Å². The predicted octanol–water partition coefficient (Wildman–Crippen LogP) is 2.16. The number of aromatic nitrogens is 1. The number of nitro benzene ring substituents is 1. The molecule has 1 amide bonds. The standard InChI is InChI=1S/C18H14N4O4/c19-9-14-3-7-17(20-10-14)26-16-11-21(12-16)18(23)8-4-13-1-5-15(6-2-13)22(24)25/h1-8,10,16H,11-12H2/b8-4+. The van der Waals surface area contributed by atoms with Crippen molar-refractivity contribution in [1.29, 1.82) is 5.26 Å². The first kappa shape index (κ1) is 17.1. The van der Waals surface area contributed by atoms with Crippen molar-refractivity contribution in [3.8, 4) is 11.9 Å². The lowest BCUT2D eigenvalue weighted by molar-refractivity contribution is -0.384. The van der Waals surface area contributed by atoms with Crippen LogP contribution in [0.3, 0.4) is 0 Å². The van der Waals surface area contributed by atoms with Crippen LogP contribution in [-0.4, -0.2) is 39.9 Å². The summed E-state index contributed by atoms with van der Waals surface area (Å²) in [5.74, 6) is 0.263. The highest BCUT2D eigenvalue weighted by Gasteiger charge is 2.31. The Morgan fingerprint density at radius 3 is 2.62 bits per heavy atom. The third kappa shape index (κ3) is 4.02.